The van der Waals surface area contributed by atoms with Crippen molar-refractivity contribution in [1.29, 1.82) is 0 Å². The van der Waals surface area contributed by atoms with Crippen LogP contribution in [-0.2, 0) is 11.2 Å². The van der Waals surface area contributed by atoms with Gasteiger partial charge in [0.25, 0.3) is 0 Å². The van der Waals surface area contributed by atoms with Gasteiger partial charge in [0.05, 0.1) is 11.7 Å². The van der Waals surface area contributed by atoms with Crippen LogP contribution in [0, 0.1) is 0 Å². The smallest absolute Gasteiger partial charge is 0.0705 e. The molecule has 0 atom stereocenters. The minimum atomic E-state index is -0.580. The zero-order valence-electron chi connectivity index (χ0n) is 9.72. The molecule has 1 aliphatic rings. The standard InChI is InChI=1S/C13H19NO2/c1-16-12-5-7-13(15,8-6-12)10-11-4-2-3-9-14-11/h2-4,9,12,15H,5-8,10H2,1H3. The summed E-state index contributed by atoms with van der Waals surface area (Å²) < 4.78 is 5.31. The quantitative estimate of drug-likeness (QED) is 0.848. The van der Waals surface area contributed by atoms with Gasteiger partial charge in [0.1, 0.15) is 0 Å². The monoisotopic (exact) mass is 221 g/mol. The Morgan fingerprint density at radius 2 is 2.19 bits per heavy atom. The minimum absolute atomic E-state index is 0.323. The van der Waals surface area contributed by atoms with Gasteiger partial charge in [0.2, 0.25) is 0 Å². The number of nitrogens with zero attached hydrogens (tertiary/aromatic N) is 1. The first-order valence-corrected chi connectivity index (χ1v) is 5.87. The molecule has 16 heavy (non-hydrogen) atoms. The third-order valence-electron chi connectivity index (χ3n) is 3.43. The molecule has 2 rings (SSSR count). The predicted octanol–water partition coefficient (Wildman–Crippen LogP) is 1.94. The highest BCUT2D eigenvalue weighted by Gasteiger charge is 2.33. The third-order valence-corrected chi connectivity index (χ3v) is 3.43. The van der Waals surface area contributed by atoms with Crippen LogP contribution in [0.3, 0.4) is 0 Å². The Morgan fingerprint density at radius 1 is 1.44 bits per heavy atom. The van der Waals surface area contributed by atoms with Crippen LogP contribution >= 0.6 is 0 Å². The number of hydrogen-bond acceptors (Lipinski definition) is 3. The second-order valence-electron chi connectivity index (χ2n) is 4.66. The normalized spacial score (nSPS) is 30.2. The Labute approximate surface area is 96.5 Å². The van der Waals surface area contributed by atoms with Gasteiger partial charge in [-0.15, -0.1) is 0 Å². The molecule has 3 heteroatoms. The lowest BCUT2D eigenvalue weighted by Crippen LogP contribution is -2.38. The van der Waals surface area contributed by atoms with Gasteiger partial charge in [0.15, 0.2) is 0 Å². The van der Waals surface area contributed by atoms with Crippen molar-refractivity contribution in [2.24, 2.45) is 0 Å². The van der Waals surface area contributed by atoms with Crippen LogP contribution in [0.5, 0.6) is 0 Å². The van der Waals surface area contributed by atoms with E-state index in [1.54, 1.807) is 13.3 Å². The van der Waals surface area contributed by atoms with E-state index in [1.807, 2.05) is 18.2 Å². The number of methoxy groups -OCH3 is 1. The van der Waals surface area contributed by atoms with E-state index in [-0.39, 0.29) is 0 Å². The maximum absolute atomic E-state index is 10.4. The number of ether oxygens (including phenoxy) is 1. The van der Waals surface area contributed by atoms with E-state index in [2.05, 4.69) is 4.98 Å². The highest BCUT2D eigenvalue weighted by molar-refractivity contribution is 5.07. The summed E-state index contributed by atoms with van der Waals surface area (Å²) in [5.41, 5.74) is 0.393. The van der Waals surface area contributed by atoms with Crippen LogP contribution in [0.1, 0.15) is 31.4 Å². The molecule has 0 amide bonds. The Balaban J connectivity index is 1.95. The zero-order valence-corrected chi connectivity index (χ0v) is 9.72. The van der Waals surface area contributed by atoms with Crippen molar-refractivity contribution in [3.8, 4) is 0 Å². The Bertz CT molecular complexity index is 318. The predicted molar refractivity (Wildman–Crippen MR) is 62.2 cm³/mol. The second-order valence-corrected chi connectivity index (χ2v) is 4.66. The van der Waals surface area contributed by atoms with E-state index < -0.39 is 5.60 Å². The topological polar surface area (TPSA) is 42.4 Å². The minimum Gasteiger partial charge on any atom is -0.389 e. The largest absolute Gasteiger partial charge is 0.389 e. The fourth-order valence-electron chi connectivity index (χ4n) is 2.38. The van der Waals surface area contributed by atoms with Crippen LogP contribution in [-0.4, -0.2) is 28.9 Å². The van der Waals surface area contributed by atoms with Crippen molar-refractivity contribution in [2.75, 3.05) is 7.11 Å². The summed E-state index contributed by atoms with van der Waals surface area (Å²) in [5.74, 6) is 0. The number of hydrogen-bond donors (Lipinski definition) is 1. The first-order valence-electron chi connectivity index (χ1n) is 5.87. The maximum Gasteiger partial charge on any atom is 0.0705 e. The van der Waals surface area contributed by atoms with E-state index in [0.29, 0.717) is 12.5 Å². The number of rotatable bonds is 3. The molecular weight excluding hydrogens is 202 g/mol. The van der Waals surface area contributed by atoms with Crippen molar-refractivity contribution in [3.05, 3.63) is 30.1 Å². The Hall–Kier alpha value is -0.930. The maximum atomic E-state index is 10.4. The van der Waals surface area contributed by atoms with Crippen LogP contribution < -0.4 is 0 Å². The SMILES string of the molecule is COC1CCC(O)(Cc2ccccn2)CC1. The molecule has 0 aromatic carbocycles. The zero-order chi connectivity index (χ0) is 11.4. The molecule has 88 valence electrons. The van der Waals surface area contributed by atoms with Gasteiger partial charge in [0, 0.05) is 25.4 Å². The van der Waals surface area contributed by atoms with Gasteiger partial charge in [-0.3, -0.25) is 4.98 Å². The Kier molecular flexibility index (Phi) is 3.56. The summed E-state index contributed by atoms with van der Waals surface area (Å²) in [6, 6.07) is 5.84. The summed E-state index contributed by atoms with van der Waals surface area (Å²) >= 11 is 0. The molecule has 1 aromatic heterocycles. The van der Waals surface area contributed by atoms with Crippen molar-refractivity contribution in [3.63, 3.8) is 0 Å². The van der Waals surface area contributed by atoms with E-state index >= 15 is 0 Å². The van der Waals surface area contributed by atoms with Gasteiger partial charge in [-0.25, -0.2) is 0 Å². The first-order chi connectivity index (χ1) is 7.72. The molecule has 1 fully saturated rings. The van der Waals surface area contributed by atoms with Gasteiger partial charge in [-0.05, 0) is 37.8 Å². The summed E-state index contributed by atoms with van der Waals surface area (Å²) in [6.07, 6.45) is 6.26. The van der Waals surface area contributed by atoms with Crippen molar-refractivity contribution in [1.82, 2.24) is 4.98 Å². The van der Waals surface area contributed by atoms with Gasteiger partial charge in [-0.2, -0.15) is 0 Å². The Morgan fingerprint density at radius 3 is 2.75 bits per heavy atom. The average Bonchev–Trinajstić information content (AvgIpc) is 2.31. The van der Waals surface area contributed by atoms with Crippen LogP contribution in [0.25, 0.3) is 0 Å². The molecule has 0 radical (unpaired) electrons. The molecule has 3 nitrogen and oxygen atoms in total. The molecule has 1 N–H and O–H groups in total. The lowest BCUT2D eigenvalue weighted by molar-refractivity contribution is -0.0432. The van der Waals surface area contributed by atoms with Gasteiger partial charge in [-0.1, -0.05) is 6.07 Å². The van der Waals surface area contributed by atoms with Crippen LogP contribution in [0.2, 0.25) is 0 Å². The molecule has 1 saturated carbocycles. The molecule has 1 aromatic rings. The van der Waals surface area contributed by atoms with E-state index in [9.17, 15) is 5.11 Å². The molecule has 1 heterocycles. The lowest BCUT2D eigenvalue weighted by atomic mass is 9.80. The molecule has 0 unspecified atom stereocenters. The summed E-state index contributed by atoms with van der Waals surface area (Å²) in [5, 5.41) is 10.4. The highest BCUT2D eigenvalue weighted by Crippen LogP contribution is 2.31. The van der Waals surface area contributed by atoms with Gasteiger partial charge < -0.3 is 9.84 Å². The molecular formula is C13H19NO2. The number of pyridine rings is 1. The van der Waals surface area contributed by atoms with E-state index in [1.165, 1.54) is 0 Å². The van der Waals surface area contributed by atoms with Crippen molar-refractivity contribution in [2.45, 2.75) is 43.8 Å². The number of aromatic nitrogens is 1. The highest BCUT2D eigenvalue weighted by atomic mass is 16.5. The molecule has 0 saturated heterocycles. The molecule has 0 aliphatic heterocycles. The van der Waals surface area contributed by atoms with E-state index in [4.69, 9.17) is 4.74 Å². The fraction of sp³-hybridized carbons (Fsp3) is 0.615. The van der Waals surface area contributed by atoms with Crippen LogP contribution in [0.4, 0.5) is 0 Å². The summed E-state index contributed by atoms with van der Waals surface area (Å²) in [6.45, 7) is 0. The van der Waals surface area contributed by atoms with E-state index in [0.717, 1.165) is 31.4 Å². The average molecular weight is 221 g/mol. The second kappa shape index (κ2) is 4.93. The van der Waals surface area contributed by atoms with Crippen molar-refractivity contribution >= 4 is 0 Å². The van der Waals surface area contributed by atoms with Crippen molar-refractivity contribution < 1.29 is 9.84 Å². The lowest BCUT2D eigenvalue weighted by Gasteiger charge is -2.35. The molecule has 0 bridgehead atoms. The van der Waals surface area contributed by atoms with Crippen LogP contribution in [0.15, 0.2) is 24.4 Å². The van der Waals surface area contributed by atoms with Gasteiger partial charge >= 0.3 is 0 Å². The molecule has 1 aliphatic carbocycles. The summed E-state index contributed by atoms with van der Waals surface area (Å²) in [7, 11) is 1.74. The fourth-order valence-corrected chi connectivity index (χ4v) is 2.38. The number of aliphatic hydroxyl groups is 1. The first kappa shape index (κ1) is 11.6. The summed E-state index contributed by atoms with van der Waals surface area (Å²) in [4.78, 5) is 4.27. The third kappa shape index (κ3) is 2.80. The molecule has 0 spiro atoms.